The molecule has 78 valence electrons. The van der Waals surface area contributed by atoms with Crippen LogP contribution < -0.4 is 10.6 Å². The summed E-state index contributed by atoms with van der Waals surface area (Å²) < 4.78 is 0. The maximum absolute atomic E-state index is 5.50. The summed E-state index contributed by atoms with van der Waals surface area (Å²) in [5, 5.41) is 0. The minimum absolute atomic E-state index is 0.537. The molecule has 0 spiro atoms. The minimum Gasteiger partial charge on any atom is -0.372 e. The van der Waals surface area contributed by atoms with E-state index in [4.69, 9.17) is 5.73 Å². The number of rotatable bonds is 4. The van der Waals surface area contributed by atoms with Crippen LogP contribution in [0.3, 0.4) is 0 Å². The molecule has 0 fully saturated rings. The van der Waals surface area contributed by atoms with E-state index in [1.54, 1.807) is 0 Å². The van der Waals surface area contributed by atoms with Crippen molar-refractivity contribution in [3.05, 3.63) is 29.8 Å². The van der Waals surface area contributed by atoms with E-state index in [9.17, 15) is 0 Å². The number of anilines is 1. The van der Waals surface area contributed by atoms with Crippen LogP contribution in [0, 0.1) is 0 Å². The Kier molecular flexibility index (Phi) is 3.96. The van der Waals surface area contributed by atoms with Crippen molar-refractivity contribution in [3.63, 3.8) is 0 Å². The Hall–Kier alpha value is -1.02. The van der Waals surface area contributed by atoms with Crippen LogP contribution in [-0.4, -0.2) is 19.6 Å². The van der Waals surface area contributed by atoms with Crippen LogP contribution in [0.4, 0.5) is 5.69 Å². The predicted molar refractivity (Wildman–Crippen MR) is 62.7 cm³/mol. The molecule has 0 unspecified atom stereocenters. The van der Waals surface area contributed by atoms with E-state index >= 15 is 0 Å². The number of nitrogens with two attached hydrogens (primary N) is 1. The molecule has 1 aromatic rings. The second-order valence-corrected chi connectivity index (χ2v) is 3.91. The van der Waals surface area contributed by atoms with Gasteiger partial charge in [0.1, 0.15) is 0 Å². The van der Waals surface area contributed by atoms with E-state index in [2.05, 4.69) is 50.1 Å². The molecule has 0 aromatic heterocycles. The third kappa shape index (κ3) is 2.74. The summed E-state index contributed by atoms with van der Waals surface area (Å²) in [5.74, 6) is 0. The summed E-state index contributed by atoms with van der Waals surface area (Å²) in [6, 6.07) is 9.16. The van der Waals surface area contributed by atoms with Gasteiger partial charge in [0.05, 0.1) is 0 Å². The van der Waals surface area contributed by atoms with Gasteiger partial charge in [-0.15, -0.1) is 0 Å². The molecule has 0 aliphatic heterocycles. The van der Waals surface area contributed by atoms with Crippen LogP contribution >= 0.6 is 0 Å². The van der Waals surface area contributed by atoms with Crippen LogP contribution in [-0.2, 0) is 6.42 Å². The first-order valence-corrected chi connectivity index (χ1v) is 5.17. The van der Waals surface area contributed by atoms with Crippen molar-refractivity contribution in [3.8, 4) is 0 Å². The highest BCUT2D eigenvalue weighted by molar-refractivity contribution is 5.47. The first-order chi connectivity index (χ1) is 6.65. The molecule has 0 saturated carbocycles. The van der Waals surface area contributed by atoms with Crippen molar-refractivity contribution in [1.29, 1.82) is 0 Å². The van der Waals surface area contributed by atoms with Gasteiger partial charge in [0.25, 0.3) is 0 Å². The van der Waals surface area contributed by atoms with Crippen molar-refractivity contribution in [2.24, 2.45) is 5.73 Å². The van der Waals surface area contributed by atoms with Gasteiger partial charge in [0.2, 0.25) is 0 Å². The molecular formula is C12H20N2. The molecule has 0 heterocycles. The quantitative estimate of drug-likeness (QED) is 0.791. The lowest BCUT2D eigenvalue weighted by Gasteiger charge is -2.23. The average Bonchev–Trinajstić information content (AvgIpc) is 2.18. The summed E-state index contributed by atoms with van der Waals surface area (Å²) in [6.45, 7) is 5.10. The van der Waals surface area contributed by atoms with Crippen LogP contribution in [0.1, 0.15) is 19.4 Å². The summed E-state index contributed by atoms with van der Waals surface area (Å²) in [6.07, 6.45) is 0.964. The van der Waals surface area contributed by atoms with Gasteiger partial charge in [-0.1, -0.05) is 12.1 Å². The van der Waals surface area contributed by atoms with Crippen molar-refractivity contribution >= 4 is 5.69 Å². The monoisotopic (exact) mass is 192 g/mol. The van der Waals surface area contributed by atoms with Crippen LogP contribution in [0.2, 0.25) is 0 Å². The third-order valence-electron chi connectivity index (χ3n) is 2.55. The molecule has 0 radical (unpaired) electrons. The smallest absolute Gasteiger partial charge is 0.0366 e. The van der Waals surface area contributed by atoms with Crippen molar-refractivity contribution in [2.75, 3.05) is 18.5 Å². The minimum atomic E-state index is 0.537. The number of nitrogens with zero attached hydrogens (tertiary/aromatic N) is 1. The molecule has 0 bridgehead atoms. The summed E-state index contributed by atoms with van der Waals surface area (Å²) in [5.41, 5.74) is 8.07. The van der Waals surface area contributed by atoms with Crippen molar-refractivity contribution < 1.29 is 0 Å². The zero-order valence-corrected chi connectivity index (χ0v) is 9.33. The Bertz CT molecular complexity index is 264. The van der Waals surface area contributed by atoms with Gasteiger partial charge in [-0.05, 0) is 44.5 Å². The first-order valence-electron chi connectivity index (χ1n) is 5.17. The van der Waals surface area contributed by atoms with Crippen molar-refractivity contribution in [2.45, 2.75) is 26.3 Å². The fourth-order valence-electron chi connectivity index (χ4n) is 1.36. The molecule has 0 amide bonds. The molecule has 0 atom stereocenters. The summed E-state index contributed by atoms with van der Waals surface area (Å²) in [7, 11) is 2.11. The second kappa shape index (κ2) is 5.01. The van der Waals surface area contributed by atoms with E-state index < -0.39 is 0 Å². The second-order valence-electron chi connectivity index (χ2n) is 3.91. The Balaban J connectivity index is 2.72. The Morgan fingerprint density at radius 1 is 1.21 bits per heavy atom. The Morgan fingerprint density at radius 2 is 1.79 bits per heavy atom. The van der Waals surface area contributed by atoms with Gasteiger partial charge in [0.15, 0.2) is 0 Å². The van der Waals surface area contributed by atoms with Crippen LogP contribution in [0.25, 0.3) is 0 Å². The number of hydrogen-bond acceptors (Lipinski definition) is 2. The molecule has 14 heavy (non-hydrogen) atoms. The van der Waals surface area contributed by atoms with Gasteiger partial charge in [0, 0.05) is 18.8 Å². The fraction of sp³-hybridized carbons (Fsp3) is 0.500. The van der Waals surface area contributed by atoms with E-state index in [0.29, 0.717) is 6.04 Å². The maximum atomic E-state index is 5.50. The summed E-state index contributed by atoms with van der Waals surface area (Å²) >= 11 is 0. The SMILES string of the molecule is CC(C)N(C)c1ccc(CCN)cc1. The Labute approximate surface area is 86.7 Å². The standard InChI is InChI=1S/C12H20N2/c1-10(2)14(3)12-6-4-11(5-7-12)8-9-13/h4-7,10H,8-9,13H2,1-3H3. The molecule has 2 heteroatoms. The topological polar surface area (TPSA) is 29.3 Å². The van der Waals surface area contributed by atoms with E-state index in [1.807, 2.05) is 0 Å². The third-order valence-corrected chi connectivity index (χ3v) is 2.55. The van der Waals surface area contributed by atoms with Crippen LogP contribution in [0.15, 0.2) is 24.3 Å². The normalized spacial score (nSPS) is 10.6. The van der Waals surface area contributed by atoms with E-state index in [1.165, 1.54) is 11.3 Å². The average molecular weight is 192 g/mol. The fourth-order valence-corrected chi connectivity index (χ4v) is 1.36. The zero-order chi connectivity index (χ0) is 10.6. The van der Waals surface area contributed by atoms with Crippen LogP contribution in [0.5, 0.6) is 0 Å². The lowest BCUT2D eigenvalue weighted by molar-refractivity contribution is 0.754. The Morgan fingerprint density at radius 3 is 2.21 bits per heavy atom. The molecular weight excluding hydrogens is 172 g/mol. The molecule has 0 saturated heterocycles. The molecule has 2 N–H and O–H groups in total. The summed E-state index contributed by atoms with van der Waals surface area (Å²) in [4.78, 5) is 2.26. The molecule has 1 aromatic carbocycles. The number of hydrogen-bond donors (Lipinski definition) is 1. The van der Waals surface area contributed by atoms with Gasteiger partial charge in [-0.25, -0.2) is 0 Å². The van der Waals surface area contributed by atoms with E-state index in [0.717, 1.165) is 13.0 Å². The molecule has 2 nitrogen and oxygen atoms in total. The first kappa shape index (κ1) is 11.1. The van der Waals surface area contributed by atoms with E-state index in [-0.39, 0.29) is 0 Å². The number of benzene rings is 1. The highest BCUT2D eigenvalue weighted by Crippen LogP contribution is 2.15. The lowest BCUT2D eigenvalue weighted by Crippen LogP contribution is -2.25. The highest BCUT2D eigenvalue weighted by Gasteiger charge is 2.03. The lowest BCUT2D eigenvalue weighted by atomic mass is 10.1. The highest BCUT2D eigenvalue weighted by atomic mass is 15.1. The molecule has 1 rings (SSSR count). The van der Waals surface area contributed by atoms with Gasteiger partial charge >= 0.3 is 0 Å². The van der Waals surface area contributed by atoms with Crippen molar-refractivity contribution in [1.82, 2.24) is 0 Å². The zero-order valence-electron chi connectivity index (χ0n) is 9.33. The van der Waals surface area contributed by atoms with Gasteiger partial charge in [-0.3, -0.25) is 0 Å². The largest absolute Gasteiger partial charge is 0.372 e. The van der Waals surface area contributed by atoms with Gasteiger partial charge in [-0.2, -0.15) is 0 Å². The van der Waals surface area contributed by atoms with Gasteiger partial charge < -0.3 is 10.6 Å². The predicted octanol–water partition coefficient (Wildman–Crippen LogP) is 2.03. The molecule has 0 aliphatic carbocycles. The molecule has 0 aliphatic rings. The maximum Gasteiger partial charge on any atom is 0.0366 e.